The summed E-state index contributed by atoms with van der Waals surface area (Å²) in [6.07, 6.45) is 21.8. The van der Waals surface area contributed by atoms with Crippen LogP contribution in [0, 0.1) is 17.9 Å². The smallest absolute Gasteiger partial charge is 0.346 e. The Balaban J connectivity index is 0.991. The van der Waals surface area contributed by atoms with Crippen molar-refractivity contribution in [3.8, 4) is 25.6 Å². The molecule has 0 saturated carbocycles. The molecule has 5 heterocycles. The number of unbranched alkanes of at least 4 members (excludes halogenated alkanes) is 3. The Hall–Kier alpha value is -7.42. The minimum absolute atomic E-state index is 0.289. The first kappa shape index (κ1) is 49.0. The van der Waals surface area contributed by atoms with Crippen molar-refractivity contribution in [2.75, 3.05) is 4.90 Å². The van der Waals surface area contributed by atoms with Crippen LogP contribution in [0.4, 0.5) is 17.1 Å². The third-order valence-corrected chi connectivity index (χ3v) is 16.6. The van der Waals surface area contributed by atoms with Gasteiger partial charge in [0.2, 0.25) is 0 Å². The van der Waals surface area contributed by atoms with Crippen molar-refractivity contribution in [1.29, 1.82) is 5.26 Å². The van der Waals surface area contributed by atoms with E-state index in [9.17, 15) is 19.8 Å². The van der Waals surface area contributed by atoms with Gasteiger partial charge in [-0.2, -0.15) is 5.26 Å². The first-order valence-corrected chi connectivity index (χ1v) is 26.5. The second-order valence-corrected chi connectivity index (χ2v) is 21.6. The minimum Gasteiger partial charge on any atom is -0.486 e. The maximum Gasteiger partial charge on any atom is 0.346 e. The second kappa shape index (κ2) is 23.7. The Morgan fingerprint density at radius 1 is 0.529 bits per heavy atom. The Morgan fingerprint density at radius 2 is 0.943 bits per heavy atom. The van der Waals surface area contributed by atoms with Crippen LogP contribution >= 0.6 is 56.7 Å². The fourth-order valence-corrected chi connectivity index (χ4v) is 12.2. The van der Waals surface area contributed by atoms with E-state index in [1.807, 2.05) is 35.6 Å². The lowest BCUT2D eigenvalue weighted by Gasteiger charge is -2.26. The number of carbonyl (C=O) groups is 2. The van der Waals surface area contributed by atoms with Gasteiger partial charge in [-0.3, -0.25) is 4.79 Å². The molecule has 0 fully saturated rings. The SMILES string of the molecule is [C-]#[N+]C(=Cc1ccc(-c2ccc(C=Cc3ccc(N(c4ccc(C=Cc5ccc(CCCCCC)s5)cc4)c4ccc(C=Cc5ccc(-c6ccc(C=C(C#N)C(=O)O)s6)s5)cc4)cc3)s2)s1)C(=O)O. The topological polar surface area (TPSA) is 106 Å². The molecule has 0 radical (unpaired) electrons. The van der Waals surface area contributed by atoms with Crippen molar-refractivity contribution in [2.24, 2.45) is 0 Å². The van der Waals surface area contributed by atoms with Gasteiger partial charge in [-0.05, 0) is 157 Å². The molecule has 7 nitrogen and oxygen atoms in total. The molecule has 8 rings (SSSR count). The van der Waals surface area contributed by atoms with E-state index >= 15 is 0 Å². The summed E-state index contributed by atoms with van der Waals surface area (Å²) in [5, 5.41) is 27.6. The van der Waals surface area contributed by atoms with Gasteiger partial charge in [-0.25, -0.2) is 9.64 Å². The summed E-state index contributed by atoms with van der Waals surface area (Å²) in [5.74, 6) is -2.46. The molecule has 0 unspecified atom stereocenters. The summed E-state index contributed by atoms with van der Waals surface area (Å²) in [4.78, 5) is 38.5. The highest BCUT2D eigenvalue weighted by Crippen LogP contribution is 2.39. The van der Waals surface area contributed by atoms with Crippen LogP contribution in [0.3, 0.4) is 0 Å². The van der Waals surface area contributed by atoms with Gasteiger partial charge < -0.3 is 15.1 Å². The highest BCUT2D eigenvalue weighted by atomic mass is 32.1. The van der Waals surface area contributed by atoms with Crippen LogP contribution in [0.1, 0.15) is 78.6 Å². The van der Waals surface area contributed by atoms with E-state index in [-0.39, 0.29) is 11.3 Å². The lowest BCUT2D eigenvalue weighted by Crippen LogP contribution is -2.09. The normalized spacial score (nSPS) is 12.0. The number of thiophene rings is 5. The van der Waals surface area contributed by atoms with Crippen molar-refractivity contribution in [2.45, 2.75) is 39.0 Å². The van der Waals surface area contributed by atoms with Crippen LogP contribution < -0.4 is 4.90 Å². The zero-order valence-electron chi connectivity index (χ0n) is 37.9. The van der Waals surface area contributed by atoms with Crippen molar-refractivity contribution in [3.63, 3.8) is 0 Å². The number of benzene rings is 3. The lowest BCUT2D eigenvalue weighted by atomic mass is 10.1. The van der Waals surface area contributed by atoms with Crippen molar-refractivity contribution < 1.29 is 19.8 Å². The summed E-state index contributed by atoms with van der Waals surface area (Å²) < 4.78 is 0. The van der Waals surface area contributed by atoms with E-state index < -0.39 is 11.9 Å². The number of carboxylic acids is 2. The maximum atomic E-state index is 11.3. The van der Waals surface area contributed by atoms with Crippen LogP contribution in [0.5, 0.6) is 0 Å². The van der Waals surface area contributed by atoms with Crippen LogP contribution in [0.2, 0.25) is 0 Å². The minimum atomic E-state index is -1.23. The molecule has 0 aliphatic heterocycles. The first-order valence-electron chi connectivity index (χ1n) is 22.5. The Bertz CT molecular complexity index is 3170. The summed E-state index contributed by atoms with van der Waals surface area (Å²) in [6, 6.07) is 47.8. The molecule has 0 aliphatic carbocycles. The van der Waals surface area contributed by atoms with Crippen LogP contribution in [-0.2, 0) is 16.0 Å². The molecule has 2 N–H and O–H groups in total. The second-order valence-electron chi connectivity index (χ2n) is 16.0. The molecular weight excluding hydrogens is 963 g/mol. The summed E-state index contributed by atoms with van der Waals surface area (Å²) >= 11 is 8.09. The number of nitriles is 1. The predicted molar refractivity (Wildman–Crippen MR) is 299 cm³/mol. The van der Waals surface area contributed by atoms with Crippen LogP contribution in [-0.4, -0.2) is 22.2 Å². The molecule has 0 bridgehead atoms. The monoisotopic (exact) mass is 1010 g/mol. The third-order valence-electron chi connectivity index (χ3n) is 11.0. The number of aliphatic carboxylic acids is 2. The van der Waals surface area contributed by atoms with Gasteiger partial charge in [-0.15, -0.1) is 56.7 Å². The molecular formula is C58H45N3O4S5. The highest BCUT2D eigenvalue weighted by molar-refractivity contribution is 7.23. The molecule has 0 amide bonds. The largest absolute Gasteiger partial charge is 0.486 e. The molecule has 70 heavy (non-hydrogen) atoms. The average molecular weight is 1010 g/mol. The van der Waals surface area contributed by atoms with E-state index in [0.717, 1.165) is 74.3 Å². The van der Waals surface area contributed by atoms with Gasteiger partial charge in [0.1, 0.15) is 11.6 Å². The number of aryl methyl sites for hydroxylation is 1. The van der Waals surface area contributed by atoms with Crippen molar-refractivity contribution in [1.82, 2.24) is 0 Å². The molecule has 346 valence electrons. The molecule has 8 aromatic rings. The number of hydrogen-bond donors (Lipinski definition) is 2. The van der Waals surface area contributed by atoms with Gasteiger partial charge in [0.15, 0.2) is 0 Å². The van der Waals surface area contributed by atoms with Gasteiger partial charge in [0.25, 0.3) is 5.70 Å². The fourth-order valence-electron chi connectivity index (χ4n) is 7.37. The Morgan fingerprint density at radius 3 is 1.36 bits per heavy atom. The summed E-state index contributed by atoms with van der Waals surface area (Å²) in [7, 11) is 0. The van der Waals surface area contributed by atoms with Gasteiger partial charge >= 0.3 is 11.9 Å². The van der Waals surface area contributed by atoms with Crippen LogP contribution in [0.25, 0.3) is 73.0 Å². The number of anilines is 3. The van der Waals surface area contributed by atoms with E-state index in [1.165, 1.54) is 70.3 Å². The van der Waals surface area contributed by atoms with Crippen molar-refractivity contribution in [3.05, 3.63) is 202 Å². The molecule has 3 aromatic carbocycles. The molecule has 5 aromatic heterocycles. The Labute approximate surface area is 428 Å². The third kappa shape index (κ3) is 13.0. The summed E-state index contributed by atoms with van der Waals surface area (Å²) in [5.41, 5.74) is 5.71. The molecule has 0 aliphatic rings. The first-order chi connectivity index (χ1) is 34.1. The predicted octanol–water partition coefficient (Wildman–Crippen LogP) is 17.8. The maximum absolute atomic E-state index is 11.3. The molecule has 0 atom stereocenters. The van der Waals surface area contributed by atoms with E-state index in [1.54, 1.807) is 28.7 Å². The molecule has 12 heteroatoms. The number of rotatable bonds is 20. The highest BCUT2D eigenvalue weighted by Gasteiger charge is 2.14. The standard InChI is InChI=1S/C58H45N3O4S5/c1-3-4-5-6-7-46-26-27-47(66-46)23-14-39-8-17-43(18-9-39)61(44-19-10-40(11-20-44)15-24-48-28-32-53(67-48)55-34-30-50(69-55)36-42(38-59)57(62)63)45-21-12-41(13-22-45)16-25-49-29-33-54(68-49)56-35-31-51(70-56)37-52(60-2)58(64)65/h8-37H,3-7H2,1H3,(H,62,63)(H,64,65). The number of nitrogens with zero attached hydrogens (tertiary/aromatic N) is 3. The lowest BCUT2D eigenvalue weighted by molar-refractivity contribution is -0.133. The van der Waals surface area contributed by atoms with E-state index in [4.69, 9.17) is 11.8 Å². The van der Waals surface area contributed by atoms with Gasteiger partial charge in [0, 0.05) is 65.8 Å². The van der Waals surface area contributed by atoms with Crippen molar-refractivity contribution >= 4 is 134 Å². The van der Waals surface area contributed by atoms with Gasteiger partial charge in [-0.1, -0.05) is 80.8 Å². The molecule has 0 saturated heterocycles. The average Bonchev–Trinajstić information content (AvgIpc) is 4.25. The zero-order valence-corrected chi connectivity index (χ0v) is 42.0. The van der Waals surface area contributed by atoms with E-state index in [2.05, 4.69) is 162 Å². The van der Waals surface area contributed by atoms with E-state index in [0.29, 0.717) is 4.88 Å². The quantitative estimate of drug-likeness (QED) is 0.0341. The number of carboxylic acid groups (broad SMARTS) is 2. The fraction of sp³-hybridized carbons (Fsp3) is 0.103. The molecule has 0 spiro atoms. The number of hydrogen-bond acceptors (Lipinski definition) is 9. The van der Waals surface area contributed by atoms with Gasteiger partial charge in [0.05, 0.1) is 6.57 Å². The Kier molecular flexibility index (Phi) is 16.6. The zero-order chi connectivity index (χ0) is 48.8. The van der Waals surface area contributed by atoms with Crippen LogP contribution in [0.15, 0.2) is 145 Å². The summed E-state index contributed by atoms with van der Waals surface area (Å²) in [6.45, 7) is 9.39.